The third-order valence-corrected chi connectivity index (χ3v) is 5.96. The molecule has 1 aliphatic rings. The number of hydrogen-bond acceptors (Lipinski definition) is 6. The topological polar surface area (TPSA) is 97.4 Å². The number of urea groups is 1. The van der Waals surface area contributed by atoms with Gasteiger partial charge in [-0.25, -0.2) is 9.69 Å². The van der Waals surface area contributed by atoms with Crippen LogP contribution in [0.15, 0.2) is 72.8 Å². The highest BCUT2D eigenvalue weighted by Crippen LogP contribution is 2.32. The minimum Gasteiger partial charge on any atom is -0.494 e. The number of nitrogens with one attached hydrogen (secondary N) is 1. The molecule has 0 aliphatic carbocycles. The maximum Gasteiger partial charge on any atom is 0.332 e. The fraction of sp³-hybridized carbons (Fsp3) is 0.250. The Bertz CT molecular complexity index is 1260. The number of imide groups is 1. The summed E-state index contributed by atoms with van der Waals surface area (Å²) in [5.41, 5.74) is 1.74. The Morgan fingerprint density at radius 1 is 0.919 bits per heavy atom. The Labute approximate surface area is 215 Å². The SMILES string of the molecule is CCOc1ccc(NC(=O)C[C@H]2C(=O)N(c3ccccc3)C(=O)N2Cc2ccc(OC)c(OC)c2)cc1. The second-order valence-electron chi connectivity index (χ2n) is 8.33. The van der Waals surface area contributed by atoms with Crippen LogP contribution < -0.4 is 24.4 Å². The van der Waals surface area contributed by atoms with Crippen LogP contribution in [0, 0.1) is 0 Å². The number of benzene rings is 3. The molecule has 4 rings (SSSR count). The van der Waals surface area contributed by atoms with Crippen molar-refractivity contribution in [3.05, 3.63) is 78.4 Å². The fourth-order valence-corrected chi connectivity index (χ4v) is 4.19. The van der Waals surface area contributed by atoms with Gasteiger partial charge in [0.2, 0.25) is 5.91 Å². The van der Waals surface area contributed by atoms with Gasteiger partial charge in [0, 0.05) is 12.2 Å². The maximum atomic E-state index is 13.5. The van der Waals surface area contributed by atoms with Crippen LogP contribution in [0.4, 0.5) is 16.2 Å². The average molecular weight is 504 g/mol. The van der Waals surface area contributed by atoms with Crippen molar-refractivity contribution in [1.29, 1.82) is 0 Å². The standard InChI is InChI=1S/C28H29N3O6/c1-4-37-22-13-11-20(12-14-22)29-26(32)17-23-27(33)31(21-8-6-5-7-9-21)28(34)30(23)18-19-10-15-24(35-2)25(16-19)36-3/h5-16,23H,4,17-18H2,1-3H3,(H,29,32)/t23-/m0/s1. The van der Waals surface area contributed by atoms with Gasteiger partial charge in [-0.1, -0.05) is 24.3 Å². The third-order valence-electron chi connectivity index (χ3n) is 5.96. The van der Waals surface area contributed by atoms with Crippen LogP contribution in [-0.2, 0) is 16.1 Å². The van der Waals surface area contributed by atoms with Gasteiger partial charge in [-0.05, 0) is 61.0 Å². The van der Waals surface area contributed by atoms with Crippen LogP contribution in [0.5, 0.6) is 17.2 Å². The number of nitrogens with zero attached hydrogens (tertiary/aromatic N) is 2. The van der Waals surface area contributed by atoms with Crippen LogP contribution in [0.1, 0.15) is 18.9 Å². The molecule has 1 aliphatic heterocycles. The van der Waals surface area contributed by atoms with Gasteiger partial charge in [0.15, 0.2) is 11.5 Å². The largest absolute Gasteiger partial charge is 0.494 e. The molecule has 0 radical (unpaired) electrons. The van der Waals surface area contributed by atoms with Gasteiger partial charge in [0.25, 0.3) is 5.91 Å². The first-order valence-electron chi connectivity index (χ1n) is 11.9. The number of anilines is 2. The molecule has 1 N–H and O–H groups in total. The first-order valence-corrected chi connectivity index (χ1v) is 11.9. The minimum atomic E-state index is -0.983. The van der Waals surface area contributed by atoms with Crippen LogP contribution >= 0.6 is 0 Å². The summed E-state index contributed by atoms with van der Waals surface area (Å²) in [5, 5.41) is 2.81. The van der Waals surface area contributed by atoms with Gasteiger partial charge in [-0.3, -0.25) is 9.59 Å². The number of carbonyl (C=O) groups excluding carboxylic acids is 3. The van der Waals surface area contributed by atoms with Crippen LogP contribution in [0.25, 0.3) is 0 Å². The first kappa shape index (κ1) is 25.6. The third kappa shape index (κ3) is 5.66. The summed E-state index contributed by atoms with van der Waals surface area (Å²) in [6.45, 7) is 2.54. The van der Waals surface area contributed by atoms with E-state index >= 15 is 0 Å². The Hall–Kier alpha value is -4.53. The Balaban J connectivity index is 1.58. The van der Waals surface area contributed by atoms with Crippen LogP contribution in [0.2, 0.25) is 0 Å². The molecular weight excluding hydrogens is 474 g/mol. The molecule has 192 valence electrons. The molecule has 37 heavy (non-hydrogen) atoms. The second-order valence-corrected chi connectivity index (χ2v) is 8.33. The minimum absolute atomic E-state index is 0.106. The van der Waals surface area contributed by atoms with Crippen LogP contribution in [-0.4, -0.2) is 49.6 Å². The summed E-state index contributed by atoms with van der Waals surface area (Å²) in [5.74, 6) is 0.896. The van der Waals surface area contributed by atoms with E-state index in [-0.39, 0.29) is 18.9 Å². The number of para-hydroxylation sites is 1. The number of rotatable bonds is 10. The zero-order valence-electron chi connectivity index (χ0n) is 21.0. The second kappa shape index (κ2) is 11.5. The molecule has 1 fully saturated rings. The van der Waals surface area contributed by atoms with Crippen molar-refractivity contribution in [1.82, 2.24) is 4.90 Å². The lowest BCUT2D eigenvalue weighted by atomic mass is 10.1. The summed E-state index contributed by atoms with van der Waals surface area (Å²) in [7, 11) is 3.06. The van der Waals surface area contributed by atoms with Crippen molar-refractivity contribution < 1.29 is 28.6 Å². The lowest BCUT2D eigenvalue weighted by Gasteiger charge is -2.22. The molecule has 0 spiro atoms. The molecule has 0 aromatic heterocycles. The summed E-state index contributed by atoms with van der Waals surface area (Å²) in [6.07, 6.45) is -0.200. The smallest absolute Gasteiger partial charge is 0.332 e. The van der Waals surface area contributed by atoms with Crippen LogP contribution in [0.3, 0.4) is 0 Å². The van der Waals surface area contributed by atoms with E-state index in [2.05, 4.69) is 5.32 Å². The lowest BCUT2D eigenvalue weighted by Crippen LogP contribution is -2.37. The Morgan fingerprint density at radius 2 is 1.62 bits per heavy atom. The molecule has 1 atom stereocenters. The highest BCUT2D eigenvalue weighted by Gasteiger charge is 2.46. The van der Waals surface area contributed by atoms with Crippen molar-refractivity contribution in [3.63, 3.8) is 0 Å². The molecule has 9 nitrogen and oxygen atoms in total. The molecule has 9 heteroatoms. The lowest BCUT2D eigenvalue weighted by molar-refractivity contribution is -0.124. The number of hydrogen-bond donors (Lipinski definition) is 1. The molecule has 1 heterocycles. The summed E-state index contributed by atoms with van der Waals surface area (Å²) in [4.78, 5) is 42.4. The van der Waals surface area contributed by atoms with Gasteiger partial charge in [0.1, 0.15) is 11.8 Å². The number of carbonyl (C=O) groups is 3. The molecule has 3 aromatic rings. The van der Waals surface area contributed by atoms with Crippen molar-refractivity contribution in [2.75, 3.05) is 31.0 Å². The summed E-state index contributed by atoms with van der Waals surface area (Å²) < 4.78 is 16.1. The molecule has 4 amide bonds. The molecule has 3 aromatic carbocycles. The zero-order chi connectivity index (χ0) is 26.4. The van der Waals surface area contributed by atoms with Gasteiger partial charge in [-0.2, -0.15) is 0 Å². The highest BCUT2D eigenvalue weighted by molar-refractivity contribution is 6.22. The molecule has 0 unspecified atom stereocenters. The van der Waals surface area contributed by atoms with Gasteiger partial charge >= 0.3 is 6.03 Å². The van der Waals surface area contributed by atoms with E-state index in [0.717, 1.165) is 10.5 Å². The molecule has 0 saturated carbocycles. The van der Waals surface area contributed by atoms with Gasteiger partial charge in [-0.15, -0.1) is 0 Å². The number of methoxy groups -OCH3 is 2. The quantitative estimate of drug-likeness (QED) is 0.410. The monoisotopic (exact) mass is 503 g/mol. The van der Waals surface area contributed by atoms with E-state index in [1.807, 2.05) is 6.92 Å². The van der Waals surface area contributed by atoms with E-state index in [1.54, 1.807) is 72.8 Å². The average Bonchev–Trinajstić information content (AvgIpc) is 3.14. The number of ether oxygens (including phenoxy) is 3. The Kier molecular flexibility index (Phi) is 7.92. The predicted octanol–water partition coefficient (Wildman–Crippen LogP) is 4.47. The van der Waals surface area contributed by atoms with E-state index in [9.17, 15) is 14.4 Å². The van der Waals surface area contributed by atoms with Crippen molar-refractivity contribution in [3.8, 4) is 17.2 Å². The summed E-state index contributed by atoms with van der Waals surface area (Å²) in [6, 6.07) is 19.4. The summed E-state index contributed by atoms with van der Waals surface area (Å²) >= 11 is 0. The van der Waals surface area contributed by atoms with Crippen molar-refractivity contribution >= 4 is 29.2 Å². The van der Waals surface area contributed by atoms with Crippen molar-refractivity contribution in [2.45, 2.75) is 25.9 Å². The molecule has 0 bridgehead atoms. The van der Waals surface area contributed by atoms with E-state index < -0.39 is 18.0 Å². The predicted molar refractivity (Wildman–Crippen MR) is 139 cm³/mol. The van der Waals surface area contributed by atoms with Gasteiger partial charge < -0.3 is 24.4 Å². The van der Waals surface area contributed by atoms with Crippen molar-refractivity contribution in [2.24, 2.45) is 0 Å². The maximum absolute atomic E-state index is 13.5. The van der Waals surface area contributed by atoms with E-state index in [1.165, 1.54) is 19.1 Å². The number of amides is 4. The van der Waals surface area contributed by atoms with E-state index in [4.69, 9.17) is 14.2 Å². The fourth-order valence-electron chi connectivity index (χ4n) is 4.19. The molecule has 1 saturated heterocycles. The Morgan fingerprint density at radius 3 is 2.27 bits per heavy atom. The zero-order valence-corrected chi connectivity index (χ0v) is 21.0. The van der Waals surface area contributed by atoms with E-state index in [0.29, 0.717) is 35.2 Å². The van der Waals surface area contributed by atoms with Gasteiger partial charge in [0.05, 0.1) is 32.9 Å². The normalized spacial score (nSPS) is 15.1. The highest BCUT2D eigenvalue weighted by atomic mass is 16.5. The molecular formula is C28H29N3O6. The first-order chi connectivity index (χ1) is 17.9.